The Kier molecular flexibility index (Phi) is 1.96. The number of phenols is 2. The fourth-order valence-corrected chi connectivity index (χ4v) is 1.35. The molecule has 78 valence electrons. The van der Waals surface area contributed by atoms with Crippen LogP contribution in [0, 0.1) is 17.5 Å². The van der Waals surface area contributed by atoms with Gasteiger partial charge in [0.2, 0.25) is 5.82 Å². The summed E-state index contributed by atoms with van der Waals surface area (Å²) in [6.07, 6.45) is 0. The topological polar surface area (TPSA) is 40.5 Å². The summed E-state index contributed by atoms with van der Waals surface area (Å²) in [5, 5.41) is 17.2. The normalized spacial score (nSPS) is 10.9. The average Bonchev–Trinajstić information content (AvgIpc) is 2.23. The second-order valence-electron chi connectivity index (χ2n) is 3.02. The van der Waals surface area contributed by atoms with Crippen molar-refractivity contribution in [3.63, 3.8) is 0 Å². The Bertz CT molecular complexity index is 552. The first-order chi connectivity index (χ1) is 7.02. The van der Waals surface area contributed by atoms with Gasteiger partial charge in [-0.2, -0.15) is 4.39 Å². The van der Waals surface area contributed by atoms with Crippen LogP contribution in [-0.2, 0) is 0 Å². The predicted molar refractivity (Wildman–Crippen MR) is 47.2 cm³/mol. The molecule has 0 bridgehead atoms. The third kappa shape index (κ3) is 1.27. The van der Waals surface area contributed by atoms with Gasteiger partial charge >= 0.3 is 0 Å². The fourth-order valence-electron chi connectivity index (χ4n) is 1.35. The fraction of sp³-hybridized carbons (Fsp3) is 0. The van der Waals surface area contributed by atoms with Gasteiger partial charge < -0.3 is 10.2 Å². The zero-order chi connectivity index (χ0) is 11.2. The van der Waals surface area contributed by atoms with Crippen LogP contribution in [-0.4, -0.2) is 10.2 Å². The maximum Gasteiger partial charge on any atom is 0.204 e. The molecule has 0 aliphatic heterocycles. The third-order valence-electron chi connectivity index (χ3n) is 2.08. The van der Waals surface area contributed by atoms with Crippen LogP contribution in [0.3, 0.4) is 0 Å². The largest absolute Gasteiger partial charge is 0.508 e. The molecular weight excluding hydrogens is 209 g/mol. The van der Waals surface area contributed by atoms with E-state index in [1.54, 1.807) is 0 Å². The number of halogens is 3. The molecule has 2 aromatic carbocycles. The van der Waals surface area contributed by atoms with Crippen LogP contribution in [0.15, 0.2) is 18.2 Å². The average molecular weight is 214 g/mol. The Morgan fingerprint density at radius 2 is 1.47 bits per heavy atom. The number of benzene rings is 2. The highest BCUT2D eigenvalue weighted by Gasteiger charge is 2.19. The van der Waals surface area contributed by atoms with Crippen molar-refractivity contribution in [3.05, 3.63) is 35.7 Å². The molecule has 0 atom stereocenters. The van der Waals surface area contributed by atoms with Crippen molar-refractivity contribution < 1.29 is 23.4 Å². The number of phenolic OH excluding ortho intramolecular Hbond substituents is 2. The summed E-state index contributed by atoms with van der Waals surface area (Å²) in [5.74, 6) is -5.97. The van der Waals surface area contributed by atoms with E-state index in [1.807, 2.05) is 0 Å². The third-order valence-corrected chi connectivity index (χ3v) is 2.08. The molecule has 0 heterocycles. The van der Waals surface area contributed by atoms with E-state index in [2.05, 4.69) is 0 Å². The van der Waals surface area contributed by atoms with Crippen LogP contribution in [0.4, 0.5) is 13.2 Å². The van der Waals surface area contributed by atoms with Crippen molar-refractivity contribution in [1.29, 1.82) is 0 Å². The zero-order valence-corrected chi connectivity index (χ0v) is 7.26. The molecular formula is C10H5F3O2. The van der Waals surface area contributed by atoms with Crippen molar-refractivity contribution in [1.82, 2.24) is 0 Å². The van der Waals surface area contributed by atoms with Crippen LogP contribution in [0.5, 0.6) is 11.5 Å². The molecule has 0 saturated heterocycles. The van der Waals surface area contributed by atoms with E-state index in [0.717, 1.165) is 18.2 Å². The molecule has 0 fully saturated rings. The van der Waals surface area contributed by atoms with Crippen LogP contribution in [0.25, 0.3) is 10.8 Å². The first-order valence-corrected chi connectivity index (χ1v) is 4.00. The van der Waals surface area contributed by atoms with Gasteiger partial charge in [0.25, 0.3) is 0 Å². The Balaban J connectivity index is 3.00. The van der Waals surface area contributed by atoms with E-state index >= 15 is 0 Å². The smallest absolute Gasteiger partial charge is 0.204 e. The predicted octanol–water partition coefficient (Wildman–Crippen LogP) is 2.67. The van der Waals surface area contributed by atoms with Crippen molar-refractivity contribution in [3.8, 4) is 11.5 Å². The molecule has 0 aliphatic rings. The molecule has 0 aliphatic carbocycles. The molecule has 2 aromatic rings. The van der Waals surface area contributed by atoms with Gasteiger partial charge in [0, 0.05) is 10.8 Å². The lowest BCUT2D eigenvalue weighted by molar-refractivity contribution is 0.382. The molecule has 15 heavy (non-hydrogen) atoms. The first kappa shape index (κ1) is 9.64. The zero-order valence-electron chi connectivity index (χ0n) is 7.26. The highest BCUT2D eigenvalue weighted by Crippen LogP contribution is 2.33. The number of hydrogen-bond donors (Lipinski definition) is 2. The Hall–Kier alpha value is -1.91. The Labute approximate surface area is 82.2 Å². The molecule has 0 amide bonds. The van der Waals surface area contributed by atoms with Gasteiger partial charge in [0.15, 0.2) is 17.4 Å². The monoisotopic (exact) mass is 214 g/mol. The van der Waals surface area contributed by atoms with Crippen LogP contribution < -0.4 is 0 Å². The van der Waals surface area contributed by atoms with E-state index in [0.29, 0.717) is 0 Å². The molecule has 2 N–H and O–H groups in total. The lowest BCUT2D eigenvalue weighted by Gasteiger charge is -2.05. The van der Waals surface area contributed by atoms with Gasteiger partial charge in [0.1, 0.15) is 5.75 Å². The van der Waals surface area contributed by atoms with Crippen LogP contribution in [0.1, 0.15) is 0 Å². The molecule has 0 saturated carbocycles. The van der Waals surface area contributed by atoms with Crippen LogP contribution >= 0.6 is 0 Å². The Morgan fingerprint density at radius 1 is 0.800 bits per heavy atom. The first-order valence-electron chi connectivity index (χ1n) is 4.00. The van der Waals surface area contributed by atoms with Crippen molar-refractivity contribution in [2.24, 2.45) is 0 Å². The van der Waals surface area contributed by atoms with E-state index in [4.69, 9.17) is 10.2 Å². The van der Waals surface area contributed by atoms with Gasteiger partial charge in [-0.15, -0.1) is 0 Å². The van der Waals surface area contributed by atoms with Crippen molar-refractivity contribution >= 4 is 10.8 Å². The quantitative estimate of drug-likeness (QED) is 0.662. The molecule has 5 heteroatoms. The maximum absolute atomic E-state index is 13.2. The van der Waals surface area contributed by atoms with E-state index in [-0.39, 0.29) is 11.1 Å². The van der Waals surface area contributed by atoms with Gasteiger partial charge in [-0.25, -0.2) is 8.78 Å². The molecule has 0 unspecified atom stereocenters. The highest BCUT2D eigenvalue weighted by molar-refractivity contribution is 5.86. The SMILES string of the molecule is Oc1ccc2c(F)c(O)c(F)c(F)c2c1. The highest BCUT2D eigenvalue weighted by atomic mass is 19.2. The lowest BCUT2D eigenvalue weighted by Crippen LogP contribution is -1.92. The summed E-state index contributed by atoms with van der Waals surface area (Å²) in [7, 11) is 0. The number of fused-ring (bicyclic) bond motifs is 1. The van der Waals surface area contributed by atoms with Crippen molar-refractivity contribution in [2.45, 2.75) is 0 Å². The standard InChI is InChI=1S/C10H5F3O2/c11-7-6-3-4(14)1-2-5(6)8(12)10(15)9(7)13/h1-3,14-15H. The minimum absolute atomic E-state index is 0.288. The Morgan fingerprint density at radius 3 is 2.13 bits per heavy atom. The van der Waals surface area contributed by atoms with E-state index < -0.39 is 28.6 Å². The van der Waals surface area contributed by atoms with E-state index in [9.17, 15) is 13.2 Å². The van der Waals surface area contributed by atoms with Gasteiger partial charge in [-0.1, -0.05) is 0 Å². The number of aromatic hydroxyl groups is 2. The van der Waals surface area contributed by atoms with Crippen molar-refractivity contribution in [2.75, 3.05) is 0 Å². The lowest BCUT2D eigenvalue weighted by atomic mass is 10.1. The van der Waals surface area contributed by atoms with Gasteiger partial charge in [0.05, 0.1) is 0 Å². The minimum atomic E-state index is -1.66. The molecule has 0 radical (unpaired) electrons. The number of rotatable bonds is 0. The van der Waals surface area contributed by atoms with Gasteiger partial charge in [-0.05, 0) is 18.2 Å². The molecule has 0 spiro atoms. The second kappa shape index (κ2) is 3.05. The van der Waals surface area contributed by atoms with E-state index in [1.165, 1.54) is 0 Å². The summed E-state index contributed by atoms with van der Waals surface area (Å²) < 4.78 is 39.3. The van der Waals surface area contributed by atoms with Crippen LogP contribution in [0.2, 0.25) is 0 Å². The molecule has 0 aromatic heterocycles. The maximum atomic E-state index is 13.2. The second-order valence-corrected chi connectivity index (χ2v) is 3.02. The summed E-state index contributed by atoms with van der Waals surface area (Å²) in [6.45, 7) is 0. The summed E-state index contributed by atoms with van der Waals surface area (Å²) in [5.41, 5.74) is 0. The van der Waals surface area contributed by atoms with Gasteiger partial charge in [-0.3, -0.25) is 0 Å². The minimum Gasteiger partial charge on any atom is -0.508 e. The number of hydrogen-bond acceptors (Lipinski definition) is 2. The molecule has 2 nitrogen and oxygen atoms in total. The summed E-state index contributed by atoms with van der Waals surface area (Å²) >= 11 is 0. The summed E-state index contributed by atoms with van der Waals surface area (Å²) in [6, 6.07) is 3.06. The summed E-state index contributed by atoms with van der Waals surface area (Å²) in [4.78, 5) is 0. The molecule has 2 rings (SSSR count).